The lowest BCUT2D eigenvalue weighted by Crippen LogP contribution is -2.17. The minimum absolute atomic E-state index is 0.318. The van der Waals surface area contributed by atoms with Crippen LogP contribution in [-0.4, -0.2) is 15.7 Å². The van der Waals surface area contributed by atoms with Crippen LogP contribution in [0.4, 0.5) is 0 Å². The fraction of sp³-hybridized carbons (Fsp3) is 0.562. The maximum atomic E-state index is 9.11. The molecule has 0 bridgehead atoms. The van der Waals surface area contributed by atoms with E-state index < -0.39 is 0 Å². The van der Waals surface area contributed by atoms with Crippen molar-refractivity contribution in [3.8, 4) is 0 Å². The minimum Gasteiger partial charge on any atom is -0.411 e. The van der Waals surface area contributed by atoms with Gasteiger partial charge in [0.25, 0.3) is 0 Å². The molecule has 0 spiro atoms. The van der Waals surface area contributed by atoms with Gasteiger partial charge in [-0.15, -0.1) is 0 Å². The monoisotopic (exact) mass is 323 g/mol. The molecule has 3 heteroatoms. The highest BCUT2D eigenvalue weighted by atomic mass is 79.9. The van der Waals surface area contributed by atoms with Crippen LogP contribution in [0.25, 0.3) is 0 Å². The molecule has 2 rings (SSSR count). The van der Waals surface area contributed by atoms with Crippen LogP contribution < -0.4 is 0 Å². The Balaban J connectivity index is 2.09. The van der Waals surface area contributed by atoms with Crippen LogP contribution in [0.2, 0.25) is 0 Å². The Morgan fingerprint density at radius 3 is 2.68 bits per heavy atom. The summed E-state index contributed by atoms with van der Waals surface area (Å²) >= 11 is 3.68. The molecule has 0 saturated heterocycles. The molecular formula is C16H22BrNO. The van der Waals surface area contributed by atoms with Gasteiger partial charge >= 0.3 is 0 Å². The highest BCUT2D eigenvalue weighted by molar-refractivity contribution is 9.09. The molecule has 1 aliphatic carbocycles. The first-order valence-electron chi connectivity index (χ1n) is 7.18. The quantitative estimate of drug-likeness (QED) is 0.477. The Bertz CT molecular complexity index is 427. The molecule has 2 unspecified atom stereocenters. The summed E-state index contributed by atoms with van der Waals surface area (Å²) < 4.78 is 0. The summed E-state index contributed by atoms with van der Waals surface area (Å²) in [4.78, 5) is 0.558. The third-order valence-corrected chi connectivity index (χ3v) is 4.96. The molecule has 0 amide bonds. The molecule has 0 aliphatic heterocycles. The molecular weight excluding hydrogens is 302 g/mol. The van der Waals surface area contributed by atoms with E-state index >= 15 is 0 Å². The molecule has 19 heavy (non-hydrogen) atoms. The van der Waals surface area contributed by atoms with Crippen molar-refractivity contribution in [1.82, 2.24) is 0 Å². The molecule has 1 aromatic rings. The number of rotatable bonds is 4. The van der Waals surface area contributed by atoms with E-state index in [0.29, 0.717) is 10.7 Å². The van der Waals surface area contributed by atoms with Crippen molar-refractivity contribution in [3.05, 3.63) is 35.4 Å². The van der Waals surface area contributed by atoms with Crippen LogP contribution in [0.15, 0.2) is 29.4 Å². The number of hydrogen-bond donors (Lipinski definition) is 1. The number of oxime groups is 1. The largest absolute Gasteiger partial charge is 0.411 e. The molecule has 1 saturated carbocycles. The van der Waals surface area contributed by atoms with Gasteiger partial charge in [0.15, 0.2) is 0 Å². The van der Waals surface area contributed by atoms with E-state index in [2.05, 4.69) is 52.3 Å². The minimum atomic E-state index is 0.318. The molecule has 1 fully saturated rings. The van der Waals surface area contributed by atoms with E-state index in [1.54, 1.807) is 0 Å². The second-order valence-corrected chi connectivity index (χ2v) is 6.64. The zero-order valence-electron chi connectivity index (χ0n) is 11.5. The first-order chi connectivity index (χ1) is 9.24. The van der Waals surface area contributed by atoms with Crippen LogP contribution in [0.1, 0.15) is 56.1 Å². The number of nitrogens with zero attached hydrogens (tertiary/aromatic N) is 1. The summed E-state index contributed by atoms with van der Waals surface area (Å²) in [6.07, 6.45) is 6.63. The summed E-state index contributed by atoms with van der Waals surface area (Å²) in [5, 5.41) is 12.6. The summed E-state index contributed by atoms with van der Waals surface area (Å²) in [6.45, 7) is 2.19. The van der Waals surface area contributed by atoms with Crippen molar-refractivity contribution in [2.75, 3.05) is 0 Å². The summed E-state index contributed by atoms with van der Waals surface area (Å²) in [6, 6.07) is 8.82. The smallest absolute Gasteiger partial charge is 0.0645 e. The Morgan fingerprint density at radius 1 is 1.32 bits per heavy atom. The molecule has 0 radical (unpaired) electrons. The van der Waals surface area contributed by atoms with E-state index in [-0.39, 0.29) is 0 Å². The van der Waals surface area contributed by atoms with E-state index in [1.165, 1.54) is 17.5 Å². The van der Waals surface area contributed by atoms with E-state index in [1.807, 2.05) is 0 Å². The Labute approximate surface area is 124 Å². The van der Waals surface area contributed by atoms with Gasteiger partial charge < -0.3 is 5.21 Å². The van der Waals surface area contributed by atoms with Crippen molar-refractivity contribution in [3.63, 3.8) is 0 Å². The summed E-state index contributed by atoms with van der Waals surface area (Å²) in [5.74, 6) is 0.318. The van der Waals surface area contributed by atoms with Crippen LogP contribution >= 0.6 is 15.9 Å². The Hall–Kier alpha value is -0.830. The van der Waals surface area contributed by atoms with Crippen LogP contribution in [-0.2, 0) is 6.42 Å². The normalized spacial score (nSPS) is 23.5. The van der Waals surface area contributed by atoms with Gasteiger partial charge in [0, 0.05) is 10.7 Å². The lowest BCUT2D eigenvalue weighted by Gasteiger charge is -2.23. The van der Waals surface area contributed by atoms with Crippen LogP contribution in [0.3, 0.4) is 0 Å². The lowest BCUT2D eigenvalue weighted by atomic mass is 9.82. The molecule has 2 atom stereocenters. The second-order valence-electron chi connectivity index (χ2n) is 5.34. The maximum absolute atomic E-state index is 9.11. The zero-order valence-corrected chi connectivity index (χ0v) is 13.1. The standard InChI is InChI=1S/C16H22BrNO/c1-2-14(17)11-12-7-9-13(10-8-12)15-5-3-4-6-16(15)18-19/h7-10,14-15,19H,2-6,11H2,1H3. The van der Waals surface area contributed by atoms with Crippen molar-refractivity contribution >= 4 is 21.6 Å². The average molecular weight is 324 g/mol. The summed E-state index contributed by atoms with van der Waals surface area (Å²) in [7, 11) is 0. The molecule has 0 heterocycles. The van der Waals surface area contributed by atoms with Crippen molar-refractivity contribution in [2.24, 2.45) is 5.16 Å². The summed E-state index contributed by atoms with van der Waals surface area (Å²) in [5.41, 5.74) is 3.61. The van der Waals surface area contributed by atoms with Crippen molar-refractivity contribution < 1.29 is 5.21 Å². The van der Waals surface area contributed by atoms with Gasteiger partial charge in [0.2, 0.25) is 0 Å². The first-order valence-corrected chi connectivity index (χ1v) is 8.10. The molecule has 1 aromatic carbocycles. The third-order valence-electron chi connectivity index (χ3n) is 3.99. The first kappa shape index (κ1) is 14.6. The topological polar surface area (TPSA) is 32.6 Å². The van der Waals surface area contributed by atoms with Gasteiger partial charge in [-0.2, -0.15) is 0 Å². The second kappa shape index (κ2) is 7.09. The van der Waals surface area contributed by atoms with E-state index in [9.17, 15) is 0 Å². The van der Waals surface area contributed by atoms with Gasteiger partial charge in [0.05, 0.1) is 5.71 Å². The van der Waals surface area contributed by atoms with E-state index in [4.69, 9.17) is 5.21 Å². The number of hydrogen-bond acceptors (Lipinski definition) is 2. The highest BCUT2D eigenvalue weighted by Crippen LogP contribution is 2.31. The van der Waals surface area contributed by atoms with Crippen molar-refractivity contribution in [2.45, 2.75) is 56.2 Å². The van der Waals surface area contributed by atoms with E-state index in [0.717, 1.165) is 37.8 Å². The molecule has 0 aromatic heterocycles. The SMILES string of the molecule is CCC(Br)Cc1ccc(C2CCCCC2=NO)cc1. The number of alkyl halides is 1. The van der Waals surface area contributed by atoms with Gasteiger partial charge in [0.1, 0.15) is 0 Å². The van der Waals surface area contributed by atoms with Gasteiger partial charge in [-0.05, 0) is 43.2 Å². The van der Waals surface area contributed by atoms with Gasteiger partial charge in [-0.3, -0.25) is 0 Å². The van der Waals surface area contributed by atoms with Crippen LogP contribution in [0.5, 0.6) is 0 Å². The lowest BCUT2D eigenvalue weighted by molar-refractivity contribution is 0.312. The van der Waals surface area contributed by atoms with Gasteiger partial charge in [-0.1, -0.05) is 58.7 Å². The highest BCUT2D eigenvalue weighted by Gasteiger charge is 2.22. The Kier molecular flexibility index (Phi) is 5.44. The molecule has 1 N–H and O–H groups in total. The Morgan fingerprint density at radius 2 is 2.05 bits per heavy atom. The zero-order chi connectivity index (χ0) is 13.7. The molecule has 2 nitrogen and oxygen atoms in total. The average Bonchev–Trinajstić information content (AvgIpc) is 2.48. The predicted molar refractivity (Wildman–Crippen MR) is 83.6 cm³/mol. The number of halogens is 1. The fourth-order valence-corrected chi connectivity index (χ4v) is 3.13. The van der Waals surface area contributed by atoms with Crippen molar-refractivity contribution in [1.29, 1.82) is 0 Å². The number of benzene rings is 1. The molecule has 1 aliphatic rings. The maximum Gasteiger partial charge on any atom is 0.0645 e. The predicted octanol–water partition coefficient (Wildman–Crippen LogP) is 4.89. The van der Waals surface area contributed by atoms with Gasteiger partial charge in [-0.25, -0.2) is 0 Å². The van der Waals surface area contributed by atoms with Crippen LogP contribution in [0, 0.1) is 0 Å². The molecule has 104 valence electrons. The third kappa shape index (κ3) is 3.82. The fourth-order valence-electron chi connectivity index (χ4n) is 2.76.